The molecule has 0 aromatic carbocycles. The zero-order valence-electron chi connectivity index (χ0n) is 8.79. The van der Waals surface area contributed by atoms with Gasteiger partial charge >= 0.3 is 0 Å². The largest absolute Gasteiger partial charge is 0.516 e. The first kappa shape index (κ1) is 10.6. The average Bonchev–Trinajstić information content (AvgIpc) is 2.17. The molecule has 2 nitrogen and oxygen atoms in total. The first-order valence-corrected chi connectivity index (χ1v) is 5.34. The molecule has 1 aliphatic heterocycles. The van der Waals surface area contributed by atoms with E-state index in [2.05, 4.69) is 18.7 Å². The molecule has 2 heteroatoms. The number of hydrogen-bond donors (Lipinski definition) is 1. The summed E-state index contributed by atoms with van der Waals surface area (Å²) in [7, 11) is 0. The van der Waals surface area contributed by atoms with E-state index in [4.69, 9.17) is 5.11 Å². The zero-order valence-corrected chi connectivity index (χ0v) is 8.79. The van der Waals surface area contributed by atoms with Crippen molar-refractivity contribution < 1.29 is 5.11 Å². The lowest BCUT2D eigenvalue weighted by Gasteiger charge is -2.33. The Morgan fingerprint density at radius 3 is 2.85 bits per heavy atom. The molecule has 1 rings (SSSR count). The maximum absolute atomic E-state index is 9.00. The van der Waals surface area contributed by atoms with Crippen molar-refractivity contribution in [1.29, 1.82) is 0 Å². The van der Waals surface area contributed by atoms with E-state index in [1.165, 1.54) is 31.2 Å². The van der Waals surface area contributed by atoms with Crippen molar-refractivity contribution in [2.75, 3.05) is 19.6 Å². The van der Waals surface area contributed by atoms with Crippen LogP contribution in [-0.2, 0) is 0 Å². The smallest absolute Gasteiger partial charge is 0.0796 e. The fraction of sp³-hybridized carbons (Fsp3) is 0.818. The summed E-state index contributed by atoms with van der Waals surface area (Å²) >= 11 is 0. The predicted octanol–water partition coefficient (Wildman–Crippen LogP) is 2.57. The lowest BCUT2D eigenvalue weighted by Crippen LogP contribution is -2.36. The van der Waals surface area contributed by atoms with E-state index in [0.29, 0.717) is 0 Å². The molecule has 1 N–H and O–H groups in total. The Bertz CT molecular complexity index is 177. The predicted molar refractivity (Wildman–Crippen MR) is 55.8 cm³/mol. The minimum absolute atomic E-state index is 0.761. The maximum atomic E-state index is 9.00. The third kappa shape index (κ3) is 3.03. The van der Waals surface area contributed by atoms with Crippen LogP contribution >= 0.6 is 0 Å². The van der Waals surface area contributed by atoms with Crippen LogP contribution in [0.4, 0.5) is 0 Å². The van der Waals surface area contributed by atoms with Gasteiger partial charge in [-0.25, -0.2) is 0 Å². The number of aliphatic hydroxyl groups excluding tert-OH is 1. The zero-order chi connectivity index (χ0) is 9.68. The molecule has 13 heavy (non-hydrogen) atoms. The molecule has 1 heterocycles. The average molecular weight is 183 g/mol. The maximum Gasteiger partial charge on any atom is 0.0796 e. The number of likely N-dealkylation sites (N-methyl/N-ethyl adjacent to an activating group) is 1. The SMILES string of the molecule is CCC[C@@H]1C/C(=C/O)CN(CC)C1. The van der Waals surface area contributed by atoms with Crippen molar-refractivity contribution in [3.05, 3.63) is 11.8 Å². The van der Waals surface area contributed by atoms with Gasteiger partial charge in [-0.1, -0.05) is 20.3 Å². The summed E-state index contributed by atoms with van der Waals surface area (Å²) in [6.45, 7) is 7.68. The Labute approximate surface area is 81.2 Å². The van der Waals surface area contributed by atoms with Gasteiger partial charge in [-0.3, -0.25) is 4.90 Å². The number of aliphatic hydroxyl groups is 1. The van der Waals surface area contributed by atoms with Crippen LogP contribution in [0.25, 0.3) is 0 Å². The van der Waals surface area contributed by atoms with Gasteiger partial charge in [0, 0.05) is 13.1 Å². The van der Waals surface area contributed by atoms with Crippen LogP contribution in [0.3, 0.4) is 0 Å². The molecule has 0 aromatic heterocycles. The third-order valence-corrected chi connectivity index (χ3v) is 2.82. The highest BCUT2D eigenvalue weighted by Crippen LogP contribution is 2.24. The summed E-state index contributed by atoms with van der Waals surface area (Å²) in [6, 6.07) is 0. The molecular formula is C11H21NO. The highest BCUT2D eigenvalue weighted by atomic mass is 16.2. The fourth-order valence-electron chi connectivity index (χ4n) is 2.15. The molecule has 0 unspecified atom stereocenters. The molecule has 0 bridgehead atoms. The summed E-state index contributed by atoms with van der Waals surface area (Å²) < 4.78 is 0. The number of piperidine rings is 1. The van der Waals surface area contributed by atoms with Gasteiger partial charge in [-0.2, -0.15) is 0 Å². The molecule has 0 spiro atoms. The Balaban J connectivity index is 2.49. The van der Waals surface area contributed by atoms with Gasteiger partial charge < -0.3 is 5.11 Å². The molecule has 1 saturated heterocycles. The highest BCUT2D eigenvalue weighted by molar-refractivity contribution is 5.05. The van der Waals surface area contributed by atoms with Crippen LogP contribution in [0.2, 0.25) is 0 Å². The molecule has 0 aliphatic carbocycles. The molecule has 0 saturated carbocycles. The number of rotatable bonds is 3. The van der Waals surface area contributed by atoms with Crippen LogP contribution in [0.5, 0.6) is 0 Å². The first-order valence-electron chi connectivity index (χ1n) is 5.34. The van der Waals surface area contributed by atoms with E-state index in [1.54, 1.807) is 0 Å². The molecule has 76 valence electrons. The van der Waals surface area contributed by atoms with Gasteiger partial charge in [0.1, 0.15) is 0 Å². The minimum Gasteiger partial charge on any atom is -0.516 e. The summed E-state index contributed by atoms with van der Waals surface area (Å²) in [6.07, 6.45) is 4.94. The summed E-state index contributed by atoms with van der Waals surface area (Å²) in [5, 5.41) is 9.00. The Kier molecular flexibility index (Phi) is 4.29. The summed E-state index contributed by atoms with van der Waals surface area (Å²) in [4.78, 5) is 2.41. The number of hydrogen-bond acceptors (Lipinski definition) is 2. The van der Waals surface area contributed by atoms with Gasteiger partial charge in [0.25, 0.3) is 0 Å². The summed E-state index contributed by atoms with van der Waals surface area (Å²) in [5.74, 6) is 0.761. The number of nitrogens with zero attached hydrogens (tertiary/aromatic N) is 1. The molecule has 0 amide bonds. The van der Waals surface area contributed by atoms with E-state index in [1.807, 2.05) is 0 Å². The Hall–Kier alpha value is -0.500. The second-order valence-electron chi connectivity index (χ2n) is 3.97. The second-order valence-corrected chi connectivity index (χ2v) is 3.97. The first-order chi connectivity index (χ1) is 6.30. The van der Waals surface area contributed by atoms with Crippen molar-refractivity contribution in [3.8, 4) is 0 Å². The van der Waals surface area contributed by atoms with E-state index in [-0.39, 0.29) is 0 Å². The van der Waals surface area contributed by atoms with Crippen LogP contribution in [0, 0.1) is 5.92 Å². The van der Waals surface area contributed by atoms with Crippen molar-refractivity contribution in [3.63, 3.8) is 0 Å². The van der Waals surface area contributed by atoms with Crippen LogP contribution in [0.1, 0.15) is 33.1 Å². The van der Waals surface area contributed by atoms with Crippen molar-refractivity contribution in [2.24, 2.45) is 5.92 Å². The van der Waals surface area contributed by atoms with Gasteiger partial charge in [0.2, 0.25) is 0 Å². The molecule has 1 atom stereocenters. The quantitative estimate of drug-likeness (QED) is 0.680. The van der Waals surface area contributed by atoms with Crippen molar-refractivity contribution in [1.82, 2.24) is 4.90 Å². The highest BCUT2D eigenvalue weighted by Gasteiger charge is 2.21. The molecule has 0 radical (unpaired) electrons. The van der Waals surface area contributed by atoms with Gasteiger partial charge in [0.15, 0.2) is 0 Å². The molecule has 1 aliphatic rings. The topological polar surface area (TPSA) is 23.5 Å². The van der Waals surface area contributed by atoms with Crippen molar-refractivity contribution in [2.45, 2.75) is 33.1 Å². The third-order valence-electron chi connectivity index (χ3n) is 2.82. The lowest BCUT2D eigenvalue weighted by atomic mass is 9.91. The van der Waals surface area contributed by atoms with Gasteiger partial charge in [0.05, 0.1) is 6.26 Å². The van der Waals surface area contributed by atoms with Crippen LogP contribution < -0.4 is 0 Å². The van der Waals surface area contributed by atoms with Gasteiger partial charge in [-0.15, -0.1) is 0 Å². The normalized spacial score (nSPS) is 28.2. The second kappa shape index (κ2) is 5.28. The van der Waals surface area contributed by atoms with E-state index in [0.717, 1.165) is 25.4 Å². The lowest BCUT2D eigenvalue weighted by molar-refractivity contribution is 0.209. The van der Waals surface area contributed by atoms with E-state index in [9.17, 15) is 0 Å². The Morgan fingerprint density at radius 1 is 1.54 bits per heavy atom. The molecule has 0 aromatic rings. The van der Waals surface area contributed by atoms with Crippen LogP contribution in [0.15, 0.2) is 11.8 Å². The molecule has 1 fully saturated rings. The molecular weight excluding hydrogens is 162 g/mol. The number of likely N-dealkylation sites (tertiary alicyclic amines) is 1. The fourth-order valence-corrected chi connectivity index (χ4v) is 2.15. The minimum atomic E-state index is 0.761. The standard InChI is InChI=1S/C11H21NO/c1-3-5-10-6-11(9-13)8-12(4-2)7-10/h9-10,13H,3-8H2,1-2H3/b11-9-/t10-/m1/s1. The Morgan fingerprint density at radius 2 is 2.31 bits per heavy atom. The summed E-state index contributed by atoms with van der Waals surface area (Å²) in [5.41, 5.74) is 1.20. The monoisotopic (exact) mass is 183 g/mol. The van der Waals surface area contributed by atoms with Gasteiger partial charge in [-0.05, 0) is 30.9 Å². The van der Waals surface area contributed by atoms with Crippen LogP contribution in [-0.4, -0.2) is 29.6 Å². The van der Waals surface area contributed by atoms with E-state index >= 15 is 0 Å². The van der Waals surface area contributed by atoms with E-state index < -0.39 is 0 Å². The van der Waals surface area contributed by atoms with Crippen molar-refractivity contribution >= 4 is 0 Å².